The van der Waals surface area contributed by atoms with E-state index in [0.717, 1.165) is 36.5 Å². The van der Waals surface area contributed by atoms with Crippen LogP contribution in [-0.2, 0) is 4.79 Å². The molecule has 1 aliphatic rings. The van der Waals surface area contributed by atoms with E-state index in [-0.39, 0.29) is 5.91 Å². The van der Waals surface area contributed by atoms with Crippen molar-refractivity contribution in [1.29, 1.82) is 0 Å². The number of piperidine rings is 1. The fraction of sp³-hybridized carbons (Fsp3) is 0.500. The monoisotopic (exact) mass is 279 g/mol. The molecule has 0 unspecified atom stereocenters. The third-order valence-electron chi connectivity index (χ3n) is 3.38. The van der Waals surface area contributed by atoms with Crippen LogP contribution < -0.4 is 11.1 Å². The molecule has 1 heterocycles. The summed E-state index contributed by atoms with van der Waals surface area (Å²) in [6.07, 6.45) is 3.97. The smallest absolute Gasteiger partial charge is 0.238 e. The van der Waals surface area contributed by atoms with Crippen LogP contribution in [0.4, 0.5) is 5.69 Å². The number of benzene rings is 1. The quantitative estimate of drug-likeness (QED) is 0.825. The van der Waals surface area contributed by atoms with Crippen LogP contribution >= 0.6 is 11.8 Å². The molecular formula is C14H21N3OS. The lowest BCUT2D eigenvalue weighted by Gasteiger charge is -2.29. The number of para-hydroxylation sites is 1. The van der Waals surface area contributed by atoms with Crippen LogP contribution in [0.15, 0.2) is 29.2 Å². The van der Waals surface area contributed by atoms with Crippen molar-refractivity contribution in [2.75, 3.05) is 31.2 Å². The second kappa shape index (κ2) is 6.93. The molecule has 0 spiro atoms. The highest BCUT2D eigenvalue weighted by Crippen LogP contribution is 2.24. The van der Waals surface area contributed by atoms with Gasteiger partial charge in [-0.05, 0) is 31.2 Å². The van der Waals surface area contributed by atoms with Crippen LogP contribution in [0.5, 0.6) is 0 Å². The third kappa shape index (κ3) is 4.23. The SMILES string of the molecule is CSc1ccccc1NC(=O)CN1CCC(N)CC1. The number of thioether (sulfide) groups is 1. The zero-order valence-corrected chi connectivity index (χ0v) is 12.1. The first-order valence-corrected chi connectivity index (χ1v) is 7.82. The molecule has 0 saturated carbocycles. The van der Waals surface area contributed by atoms with Crippen LogP contribution in [0.2, 0.25) is 0 Å². The lowest BCUT2D eigenvalue weighted by molar-refractivity contribution is -0.117. The van der Waals surface area contributed by atoms with Crippen LogP contribution in [0, 0.1) is 0 Å². The number of nitrogens with two attached hydrogens (primary N) is 1. The number of rotatable bonds is 4. The van der Waals surface area contributed by atoms with Gasteiger partial charge < -0.3 is 11.1 Å². The van der Waals surface area contributed by atoms with Gasteiger partial charge in [0.1, 0.15) is 0 Å². The minimum Gasteiger partial charge on any atom is -0.328 e. The van der Waals surface area contributed by atoms with Crippen molar-refractivity contribution < 1.29 is 4.79 Å². The zero-order chi connectivity index (χ0) is 13.7. The summed E-state index contributed by atoms with van der Waals surface area (Å²) in [5.74, 6) is 0.0528. The second-order valence-corrected chi connectivity index (χ2v) is 5.71. The predicted molar refractivity (Wildman–Crippen MR) is 80.5 cm³/mol. The Morgan fingerprint density at radius 1 is 1.42 bits per heavy atom. The first kappa shape index (κ1) is 14.4. The Morgan fingerprint density at radius 2 is 2.11 bits per heavy atom. The molecule has 0 radical (unpaired) electrons. The Hall–Kier alpha value is -1.04. The Kier molecular flexibility index (Phi) is 5.24. The molecular weight excluding hydrogens is 258 g/mol. The van der Waals surface area contributed by atoms with Crippen LogP contribution in [0.3, 0.4) is 0 Å². The molecule has 5 heteroatoms. The maximum Gasteiger partial charge on any atom is 0.238 e. The van der Waals surface area contributed by atoms with Gasteiger partial charge in [-0.1, -0.05) is 12.1 Å². The molecule has 4 nitrogen and oxygen atoms in total. The molecule has 1 amide bonds. The van der Waals surface area contributed by atoms with Crippen molar-refractivity contribution >= 4 is 23.4 Å². The number of hydrogen-bond donors (Lipinski definition) is 2. The second-order valence-electron chi connectivity index (χ2n) is 4.86. The molecule has 3 N–H and O–H groups in total. The van der Waals surface area contributed by atoms with Gasteiger partial charge in [0, 0.05) is 24.0 Å². The standard InChI is InChI=1S/C14H21N3OS/c1-19-13-5-3-2-4-12(13)16-14(18)10-17-8-6-11(15)7-9-17/h2-5,11H,6-10,15H2,1H3,(H,16,18). The number of hydrogen-bond acceptors (Lipinski definition) is 4. The molecule has 1 fully saturated rings. The van der Waals surface area contributed by atoms with Gasteiger partial charge in [-0.2, -0.15) is 0 Å². The summed E-state index contributed by atoms with van der Waals surface area (Å²) in [5, 5.41) is 2.99. The van der Waals surface area contributed by atoms with Crippen LogP contribution in [-0.4, -0.2) is 42.7 Å². The third-order valence-corrected chi connectivity index (χ3v) is 4.18. The van der Waals surface area contributed by atoms with Gasteiger partial charge in [-0.15, -0.1) is 11.8 Å². The van der Waals surface area contributed by atoms with Gasteiger partial charge in [0.2, 0.25) is 5.91 Å². The Morgan fingerprint density at radius 3 is 2.79 bits per heavy atom. The molecule has 0 aliphatic carbocycles. The molecule has 1 aliphatic heterocycles. The van der Waals surface area contributed by atoms with E-state index in [4.69, 9.17) is 5.73 Å². The van der Waals surface area contributed by atoms with E-state index < -0.39 is 0 Å². The van der Waals surface area contributed by atoms with Gasteiger partial charge in [0.15, 0.2) is 0 Å². The first-order valence-electron chi connectivity index (χ1n) is 6.60. The van der Waals surface area contributed by atoms with Gasteiger partial charge >= 0.3 is 0 Å². The Labute approximate surface area is 118 Å². The van der Waals surface area contributed by atoms with Crippen molar-refractivity contribution in [2.24, 2.45) is 5.73 Å². The number of nitrogens with zero attached hydrogens (tertiary/aromatic N) is 1. The summed E-state index contributed by atoms with van der Waals surface area (Å²) in [7, 11) is 0. The van der Waals surface area contributed by atoms with E-state index in [9.17, 15) is 4.79 Å². The number of nitrogens with one attached hydrogen (secondary N) is 1. The summed E-state index contributed by atoms with van der Waals surface area (Å²) in [5.41, 5.74) is 6.76. The lowest BCUT2D eigenvalue weighted by atomic mass is 10.1. The predicted octanol–water partition coefficient (Wildman–Crippen LogP) is 1.77. The molecule has 1 saturated heterocycles. The molecule has 0 bridgehead atoms. The summed E-state index contributed by atoms with van der Waals surface area (Å²) in [4.78, 5) is 15.3. The van der Waals surface area contributed by atoms with E-state index in [1.165, 1.54) is 0 Å². The number of carbonyl (C=O) groups is 1. The van der Waals surface area contributed by atoms with Crippen molar-refractivity contribution in [2.45, 2.75) is 23.8 Å². The highest BCUT2D eigenvalue weighted by atomic mass is 32.2. The number of carbonyl (C=O) groups excluding carboxylic acids is 1. The van der Waals surface area contributed by atoms with Crippen molar-refractivity contribution in [1.82, 2.24) is 4.90 Å². The lowest BCUT2D eigenvalue weighted by Crippen LogP contribution is -2.43. The normalized spacial score (nSPS) is 17.4. The van der Waals surface area contributed by atoms with Crippen LogP contribution in [0.1, 0.15) is 12.8 Å². The summed E-state index contributed by atoms with van der Waals surface area (Å²) in [6.45, 7) is 2.28. The largest absolute Gasteiger partial charge is 0.328 e. The molecule has 0 aromatic heterocycles. The topological polar surface area (TPSA) is 58.4 Å². The average molecular weight is 279 g/mol. The highest BCUT2D eigenvalue weighted by molar-refractivity contribution is 7.98. The number of amides is 1. The van der Waals surface area contributed by atoms with E-state index in [1.54, 1.807) is 11.8 Å². The van der Waals surface area contributed by atoms with Gasteiger partial charge in [0.05, 0.1) is 12.2 Å². The molecule has 19 heavy (non-hydrogen) atoms. The van der Waals surface area contributed by atoms with Gasteiger partial charge in [-0.25, -0.2) is 0 Å². The fourth-order valence-corrected chi connectivity index (χ4v) is 2.81. The molecule has 1 aromatic rings. The van der Waals surface area contributed by atoms with E-state index in [1.807, 2.05) is 30.5 Å². The van der Waals surface area contributed by atoms with Crippen molar-refractivity contribution in [3.63, 3.8) is 0 Å². The highest BCUT2D eigenvalue weighted by Gasteiger charge is 2.18. The average Bonchev–Trinajstić information content (AvgIpc) is 2.42. The van der Waals surface area contributed by atoms with Crippen molar-refractivity contribution in [3.8, 4) is 0 Å². The maximum absolute atomic E-state index is 12.0. The number of likely N-dealkylation sites (tertiary alicyclic amines) is 1. The zero-order valence-electron chi connectivity index (χ0n) is 11.3. The van der Waals surface area contributed by atoms with Gasteiger partial charge in [0.25, 0.3) is 0 Å². The van der Waals surface area contributed by atoms with E-state index >= 15 is 0 Å². The maximum atomic E-state index is 12.0. The Bertz CT molecular complexity index is 430. The minimum atomic E-state index is 0.0528. The molecule has 0 atom stereocenters. The number of anilines is 1. The van der Waals surface area contributed by atoms with Gasteiger partial charge in [-0.3, -0.25) is 9.69 Å². The summed E-state index contributed by atoms with van der Waals surface area (Å²) >= 11 is 1.64. The fourth-order valence-electron chi connectivity index (χ4n) is 2.25. The Balaban J connectivity index is 1.87. The summed E-state index contributed by atoms with van der Waals surface area (Å²) < 4.78 is 0. The van der Waals surface area contributed by atoms with E-state index in [0.29, 0.717) is 12.6 Å². The molecule has 104 valence electrons. The summed E-state index contributed by atoms with van der Waals surface area (Å²) in [6, 6.07) is 8.18. The van der Waals surface area contributed by atoms with Crippen molar-refractivity contribution in [3.05, 3.63) is 24.3 Å². The first-order chi connectivity index (χ1) is 9.19. The van der Waals surface area contributed by atoms with Crippen LogP contribution in [0.25, 0.3) is 0 Å². The molecule has 2 rings (SSSR count). The van der Waals surface area contributed by atoms with E-state index in [2.05, 4.69) is 10.2 Å². The minimum absolute atomic E-state index is 0.0528. The molecule has 1 aromatic carbocycles.